The summed E-state index contributed by atoms with van der Waals surface area (Å²) in [6.07, 6.45) is 0.928. The Morgan fingerprint density at radius 3 is 2.65 bits per heavy atom. The number of hydrogen-bond donors (Lipinski definition) is 1. The quantitative estimate of drug-likeness (QED) is 0.770. The van der Waals surface area contributed by atoms with Crippen LogP contribution in [0.3, 0.4) is 0 Å². The van der Waals surface area contributed by atoms with Gasteiger partial charge >= 0.3 is 5.97 Å². The van der Waals surface area contributed by atoms with E-state index in [0.29, 0.717) is 12.4 Å². The molecule has 0 spiro atoms. The van der Waals surface area contributed by atoms with Crippen LogP contribution in [-0.4, -0.2) is 25.7 Å². The molecule has 0 saturated carbocycles. The van der Waals surface area contributed by atoms with Crippen LogP contribution >= 0.6 is 15.9 Å². The number of carbonyl (C=O) groups is 1. The van der Waals surface area contributed by atoms with Gasteiger partial charge in [0.05, 0.1) is 13.7 Å². The van der Waals surface area contributed by atoms with Crippen molar-refractivity contribution in [3.05, 3.63) is 28.2 Å². The van der Waals surface area contributed by atoms with Gasteiger partial charge in [0.1, 0.15) is 11.8 Å². The SMILES string of the molecule is CCOC(=O)C(NC(C)CC)c1cc(OC)ccc1Br. The van der Waals surface area contributed by atoms with Gasteiger partial charge in [0.2, 0.25) is 0 Å². The normalized spacial score (nSPS) is 13.7. The van der Waals surface area contributed by atoms with Crippen molar-refractivity contribution in [2.24, 2.45) is 0 Å². The van der Waals surface area contributed by atoms with Crippen LogP contribution in [0.2, 0.25) is 0 Å². The van der Waals surface area contributed by atoms with Crippen LogP contribution < -0.4 is 10.1 Å². The molecule has 1 N–H and O–H groups in total. The van der Waals surface area contributed by atoms with E-state index in [0.717, 1.165) is 16.5 Å². The highest BCUT2D eigenvalue weighted by Gasteiger charge is 2.25. The highest BCUT2D eigenvalue weighted by atomic mass is 79.9. The number of methoxy groups -OCH3 is 1. The fourth-order valence-corrected chi connectivity index (χ4v) is 2.26. The number of carbonyl (C=O) groups excluding carboxylic acids is 1. The first-order valence-corrected chi connectivity index (χ1v) is 7.58. The minimum atomic E-state index is -0.505. The summed E-state index contributed by atoms with van der Waals surface area (Å²) in [5.41, 5.74) is 0.822. The summed E-state index contributed by atoms with van der Waals surface area (Å²) >= 11 is 3.49. The smallest absolute Gasteiger partial charge is 0.327 e. The molecule has 0 fully saturated rings. The van der Waals surface area contributed by atoms with Gasteiger partial charge in [0, 0.05) is 10.5 Å². The Morgan fingerprint density at radius 1 is 1.40 bits per heavy atom. The van der Waals surface area contributed by atoms with Crippen LogP contribution in [0.5, 0.6) is 5.75 Å². The fraction of sp³-hybridized carbons (Fsp3) is 0.533. The minimum Gasteiger partial charge on any atom is -0.497 e. The van der Waals surface area contributed by atoms with Crippen LogP contribution in [0, 0.1) is 0 Å². The standard InChI is InChI=1S/C15H22BrNO3/c1-5-10(3)17-14(15(18)20-6-2)12-9-11(19-4)7-8-13(12)16/h7-10,14,17H,5-6H2,1-4H3. The molecule has 2 unspecified atom stereocenters. The third-order valence-electron chi connectivity index (χ3n) is 3.10. The molecule has 1 aromatic rings. The van der Waals surface area contributed by atoms with E-state index in [1.165, 1.54) is 0 Å². The summed E-state index contributed by atoms with van der Waals surface area (Å²) in [7, 11) is 1.61. The second kappa shape index (κ2) is 8.27. The lowest BCUT2D eigenvalue weighted by molar-refractivity contribution is -0.146. The Bertz CT molecular complexity index is 451. The molecule has 4 nitrogen and oxygen atoms in total. The largest absolute Gasteiger partial charge is 0.497 e. The second-order valence-corrected chi connectivity index (χ2v) is 5.40. The van der Waals surface area contributed by atoms with E-state index < -0.39 is 6.04 Å². The van der Waals surface area contributed by atoms with Crippen LogP contribution in [0.25, 0.3) is 0 Å². The second-order valence-electron chi connectivity index (χ2n) is 4.55. The van der Waals surface area contributed by atoms with E-state index in [9.17, 15) is 4.79 Å². The molecule has 0 aliphatic rings. The van der Waals surface area contributed by atoms with Crippen molar-refractivity contribution in [2.75, 3.05) is 13.7 Å². The van der Waals surface area contributed by atoms with Gasteiger partial charge in [-0.05, 0) is 44.0 Å². The summed E-state index contributed by atoms with van der Waals surface area (Å²) in [6.45, 7) is 6.28. The average molecular weight is 344 g/mol. The molecule has 0 amide bonds. The molecular weight excluding hydrogens is 322 g/mol. The van der Waals surface area contributed by atoms with Gasteiger partial charge in [0.25, 0.3) is 0 Å². The Kier molecular flexibility index (Phi) is 7.02. The zero-order valence-electron chi connectivity index (χ0n) is 12.4. The molecule has 0 radical (unpaired) electrons. The van der Waals surface area contributed by atoms with E-state index in [2.05, 4.69) is 28.2 Å². The lowest BCUT2D eigenvalue weighted by atomic mass is 10.0. The molecular formula is C15H22BrNO3. The highest BCUT2D eigenvalue weighted by Crippen LogP contribution is 2.29. The Labute approximate surface area is 129 Å². The Hall–Kier alpha value is -1.07. The van der Waals surface area contributed by atoms with Gasteiger partial charge in [-0.2, -0.15) is 0 Å². The van der Waals surface area contributed by atoms with E-state index in [-0.39, 0.29) is 12.0 Å². The number of rotatable bonds is 7. The van der Waals surface area contributed by atoms with Gasteiger partial charge in [-0.1, -0.05) is 22.9 Å². The zero-order chi connectivity index (χ0) is 15.1. The maximum absolute atomic E-state index is 12.2. The maximum Gasteiger partial charge on any atom is 0.327 e. The van der Waals surface area contributed by atoms with Crippen LogP contribution in [-0.2, 0) is 9.53 Å². The van der Waals surface area contributed by atoms with Crippen LogP contribution in [0.1, 0.15) is 38.8 Å². The molecule has 0 heterocycles. The number of hydrogen-bond acceptors (Lipinski definition) is 4. The summed E-state index contributed by atoms with van der Waals surface area (Å²) in [5, 5.41) is 3.30. The maximum atomic E-state index is 12.2. The Morgan fingerprint density at radius 2 is 2.10 bits per heavy atom. The number of benzene rings is 1. The van der Waals surface area contributed by atoms with E-state index in [1.807, 2.05) is 25.1 Å². The molecule has 0 bridgehead atoms. The third-order valence-corrected chi connectivity index (χ3v) is 3.82. The first-order chi connectivity index (χ1) is 9.53. The van der Waals surface area contributed by atoms with Crippen LogP contribution in [0.15, 0.2) is 22.7 Å². The predicted octanol–water partition coefficient (Wildman–Crippen LogP) is 3.45. The molecule has 0 aliphatic carbocycles. The molecule has 112 valence electrons. The lowest BCUT2D eigenvalue weighted by Crippen LogP contribution is -2.36. The van der Waals surface area contributed by atoms with Gasteiger partial charge in [-0.3, -0.25) is 5.32 Å². The van der Waals surface area contributed by atoms with Gasteiger partial charge in [-0.15, -0.1) is 0 Å². The lowest BCUT2D eigenvalue weighted by Gasteiger charge is -2.23. The molecule has 2 atom stereocenters. The summed E-state index contributed by atoms with van der Waals surface area (Å²) in [4.78, 5) is 12.2. The van der Waals surface area contributed by atoms with Gasteiger partial charge < -0.3 is 9.47 Å². The van der Waals surface area contributed by atoms with E-state index >= 15 is 0 Å². The number of esters is 1. The molecule has 1 aromatic carbocycles. The zero-order valence-corrected chi connectivity index (χ0v) is 14.0. The molecule has 20 heavy (non-hydrogen) atoms. The van der Waals surface area contributed by atoms with Crippen molar-refractivity contribution in [3.8, 4) is 5.75 Å². The molecule has 0 aliphatic heterocycles. The van der Waals surface area contributed by atoms with Crippen molar-refractivity contribution < 1.29 is 14.3 Å². The van der Waals surface area contributed by atoms with Crippen molar-refractivity contribution in [2.45, 2.75) is 39.3 Å². The number of ether oxygens (including phenoxy) is 2. The first-order valence-electron chi connectivity index (χ1n) is 6.79. The predicted molar refractivity (Wildman–Crippen MR) is 83.0 cm³/mol. The molecule has 5 heteroatoms. The van der Waals surface area contributed by atoms with Crippen molar-refractivity contribution in [1.29, 1.82) is 0 Å². The van der Waals surface area contributed by atoms with Gasteiger partial charge in [0.15, 0.2) is 0 Å². The van der Waals surface area contributed by atoms with Crippen LogP contribution in [0.4, 0.5) is 0 Å². The fourth-order valence-electron chi connectivity index (χ4n) is 1.78. The van der Waals surface area contributed by atoms with Gasteiger partial charge in [-0.25, -0.2) is 4.79 Å². The molecule has 0 saturated heterocycles. The Balaban J connectivity index is 3.11. The summed E-state index contributed by atoms with van der Waals surface area (Å²) < 4.78 is 11.3. The minimum absolute atomic E-state index is 0.211. The van der Waals surface area contributed by atoms with E-state index in [1.54, 1.807) is 14.0 Å². The monoisotopic (exact) mass is 343 g/mol. The third kappa shape index (κ3) is 4.49. The average Bonchev–Trinajstić information content (AvgIpc) is 2.45. The van der Waals surface area contributed by atoms with E-state index in [4.69, 9.17) is 9.47 Å². The molecule has 1 rings (SSSR count). The molecule has 0 aromatic heterocycles. The summed E-state index contributed by atoms with van der Waals surface area (Å²) in [6, 6.07) is 5.27. The van der Waals surface area contributed by atoms with Crippen molar-refractivity contribution in [1.82, 2.24) is 5.32 Å². The number of halogens is 1. The van der Waals surface area contributed by atoms with Crippen molar-refractivity contribution in [3.63, 3.8) is 0 Å². The number of nitrogens with one attached hydrogen (secondary N) is 1. The topological polar surface area (TPSA) is 47.6 Å². The first kappa shape index (κ1) is 17.0. The summed E-state index contributed by atoms with van der Waals surface area (Å²) in [5.74, 6) is 0.435. The van der Waals surface area contributed by atoms with Crippen molar-refractivity contribution >= 4 is 21.9 Å². The highest BCUT2D eigenvalue weighted by molar-refractivity contribution is 9.10.